The van der Waals surface area contributed by atoms with Crippen LogP contribution in [0.3, 0.4) is 0 Å². The predicted molar refractivity (Wildman–Crippen MR) is 100 cm³/mol. The molecular weight excluding hydrogens is 363 g/mol. The van der Waals surface area contributed by atoms with Gasteiger partial charge in [0.25, 0.3) is 0 Å². The monoisotopic (exact) mass is 382 g/mol. The summed E-state index contributed by atoms with van der Waals surface area (Å²) in [7, 11) is 1.58. The predicted octanol–water partition coefficient (Wildman–Crippen LogP) is 4.25. The molecule has 0 unspecified atom stereocenters. The summed E-state index contributed by atoms with van der Waals surface area (Å²) in [5.41, 5.74) is 1.12. The Morgan fingerprint density at radius 2 is 2.14 bits per heavy atom. The van der Waals surface area contributed by atoms with E-state index in [0.29, 0.717) is 41.7 Å². The Kier molecular flexibility index (Phi) is 4.92. The van der Waals surface area contributed by atoms with Crippen molar-refractivity contribution in [2.45, 2.75) is 18.9 Å². The van der Waals surface area contributed by atoms with Crippen LogP contribution < -0.4 is 10.1 Å². The fourth-order valence-electron chi connectivity index (χ4n) is 3.34. The van der Waals surface area contributed by atoms with E-state index in [9.17, 15) is 9.18 Å². The summed E-state index contributed by atoms with van der Waals surface area (Å²) in [6.07, 6.45) is 1.53. The zero-order valence-corrected chi connectivity index (χ0v) is 15.3. The number of ether oxygens (including phenoxy) is 1. The molecule has 1 aromatic heterocycles. The number of carbonyl (C=O) groups excluding carboxylic acids is 1. The van der Waals surface area contributed by atoms with Crippen LogP contribution in [0.5, 0.6) is 5.75 Å². The van der Waals surface area contributed by atoms with Gasteiger partial charge >= 0.3 is 6.03 Å². The van der Waals surface area contributed by atoms with E-state index in [1.165, 1.54) is 12.1 Å². The Labute approximate surface area is 161 Å². The molecule has 0 aliphatic carbocycles. The molecule has 3 aromatic rings. The van der Waals surface area contributed by atoms with Crippen LogP contribution in [0.4, 0.5) is 14.9 Å². The van der Waals surface area contributed by atoms with Crippen molar-refractivity contribution in [2.75, 3.05) is 19.0 Å². The van der Waals surface area contributed by atoms with Crippen molar-refractivity contribution >= 4 is 11.7 Å². The topological polar surface area (TPSA) is 80.5 Å². The highest BCUT2D eigenvalue weighted by atomic mass is 19.1. The number of urea groups is 1. The fourth-order valence-corrected chi connectivity index (χ4v) is 3.34. The maximum Gasteiger partial charge on any atom is 0.322 e. The largest absolute Gasteiger partial charge is 0.496 e. The van der Waals surface area contributed by atoms with Gasteiger partial charge in [0, 0.05) is 12.2 Å². The number of aromatic nitrogens is 2. The number of nitrogens with zero attached hydrogens (tertiary/aromatic N) is 3. The fraction of sp³-hybridized carbons (Fsp3) is 0.250. The molecule has 28 heavy (non-hydrogen) atoms. The minimum Gasteiger partial charge on any atom is -0.496 e. The summed E-state index contributed by atoms with van der Waals surface area (Å²) in [5, 5.41) is 6.77. The highest BCUT2D eigenvalue weighted by Crippen LogP contribution is 2.34. The number of amides is 2. The van der Waals surface area contributed by atoms with Gasteiger partial charge in [0.2, 0.25) is 11.7 Å². The standard InChI is InChI=1S/C20H19FN4O3/c1-27-17-10-3-2-8-15(17)18-23-19(28-24-18)16-9-5-11-25(16)20(26)22-14-7-4-6-13(21)12-14/h2-4,6-8,10,12,16H,5,9,11H2,1H3,(H,22,26)/t16-/m1/s1. The zero-order valence-electron chi connectivity index (χ0n) is 15.3. The first-order valence-electron chi connectivity index (χ1n) is 8.96. The molecule has 2 amide bonds. The summed E-state index contributed by atoms with van der Waals surface area (Å²) in [4.78, 5) is 18.8. The lowest BCUT2D eigenvalue weighted by molar-refractivity contribution is 0.193. The van der Waals surface area contributed by atoms with Crippen LogP contribution in [-0.2, 0) is 0 Å². The first-order chi connectivity index (χ1) is 13.7. The highest BCUT2D eigenvalue weighted by molar-refractivity contribution is 5.89. The third-order valence-electron chi connectivity index (χ3n) is 4.66. The van der Waals surface area contributed by atoms with Gasteiger partial charge in [-0.15, -0.1) is 0 Å². The molecule has 0 saturated carbocycles. The Morgan fingerprint density at radius 1 is 1.29 bits per heavy atom. The SMILES string of the molecule is COc1ccccc1-c1noc([C@H]2CCCN2C(=O)Nc2cccc(F)c2)n1. The molecule has 1 fully saturated rings. The Morgan fingerprint density at radius 3 is 2.96 bits per heavy atom. The molecule has 144 valence electrons. The van der Waals surface area contributed by atoms with E-state index in [2.05, 4.69) is 15.5 Å². The van der Waals surface area contributed by atoms with Gasteiger partial charge in [0.1, 0.15) is 17.6 Å². The van der Waals surface area contributed by atoms with E-state index in [0.717, 1.165) is 6.42 Å². The summed E-state index contributed by atoms with van der Waals surface area (Å²) in [5.74, 6) is 1.01. The maximum atomic E-state index is 13.4. The molecule has 0 bridgehead atoms. The van der Waals surface area contributed by atoms with Gasteiger partial charge in [-0.1, -0.05) is 23.4 Å². The number of anilines is 1. The zero-order chi connectivity index (χ0) is 19.5. The maximum absolute atomic E-state index is 13.4. The summed E-state index contributed by atoms with van der Waals surface area (Å²) < 4.78 is 24.2. The van der Waals surface area contributed by atoms with Crippen molar-refractivity contribution in [3.63, 3.8) is 0 Å². The number of hydrogen-bond donors (Lipinski definition) is 1. The first-order valence-corrected chi connectivity index (χ1v) is 8.96. The number of carbonyl (C=O) groups is 1. The molecular formula is C20H19FN4O3. The van der Waals surface area contributed by atoms with Gasteiger partial charge in [-0.05, 0) is 43.2 Å². The van der Waals surface area contributed by atoms with Gasteiger partial charge in [0.15, 0.2) is 0 Å². The van der Waals surface area contributed by atoms with E-state index in [4.69, 9.17) is 9.26 Å². The third kappa shape index (κ3) is 3.53. The molecule has 1 N–H and O–H groups in total. The average molecular weight is 382 g/mol. The molecule has 1 aliphatic rings. The first kappa shape index (κ1) is 18.0. The number of hydrogen-bond acceptors (Lipinski definition) is 5. The second-order valence-electron chi connectivity index (χ2n) is 6.45. The van der Waals surface area contributed by atoms with Gasteiger partial charge in [-0.3, -0.25) is 0 Å². The van der Waals surface area contributed by atoms with Crippen LogP contribution in [0.25, 0.3) is 11.4 Å². The Hall–Kier alpha value is -3.42. The van der Waals surface area contributed by atoms with Gasteiger partial charge in [-0.2, -0.15) is 4.98 Å². The van der Waals surface area contributed by atoms with E-state index in [1.54, 1.807) is 24.1 Å². The molecule has 0 spiro atoms. The lowest BCUT2D eigenvalue weighted by atomic mass is 10.2. The van der Waals surface area contributed by atoms with Crippen LogP contribution in [0.15, 0.2) is 53.1 Å². The molecule has 2 heterocycles. The molecule has 0 radical (unpaired) electrons. The summed E-state index contributed by atoms with van der Waals surface area (Å²) in [6, 6.07) is 12.5. The average Bonchev–Trinajstić information content (AvgIpc) is 3.37. The van der Waals surface area contributed by atoms with Crippen LogP contribution in [-0.4, -0.2) is 34.7 Å². The van der Waals surface area contributed by atoms with E-state index in [-0.39, 0.29) is 12.1 Å². The van der Waals surface area contributed by atoms with Crippen LogP contribution >= 0.6 is 0 Å². The number of halogens is 1. The lowest BCUT2D eigenvalue weighted by Gasteiger charge is -2.22. The van der Waals surface area contributed by atoms with Gasteiger partial charge in [-0.25, -0.2) is 9.18 Å². The number of nitrogens with one attached hydrogen (secondary N) is 1. The van der Waals surface area contributed by atoms with Crippen molar-refractivity contribution in [2.24, 2.45) is 0 Å². The number of likely N-dealkylation sites (tertiary alicyclic amines) is 1. The molecule has 1 atom stereocenters. The van der Waals surface area contributed by atoms with E-state index >= 15 is 0 Å². The molecule has 7 nitrogen and oxygen atoms in total. The van der Waals surface area contributed by atoms with Gasteiger partial charge < -0.3 is 19.5 Å². The molecule has 2 aromatic carbocycles. The number of rotatable bonds is 4. The van der Waals surface area contributed by atoms with Crippen LogP contribution in [0.1, 0.15) is 24.8 Å². The van der Waals surface area contributed by atoms with E-state index < -0.39 is 5.82 Å². The minimum atomic E-state index is -0.408. The smallest absolute Gasteiger partial charge is 0.322 e. The number of benzene rings is 2. The van der Waals surface area contributed by atoms with Crippen molar-refractivity contribution in [1.29, 1.82) is 0 Å². The quantitative estimate of drug-likeness (QED) is 0.729. The summed E-state index contributed by atoms with van der Waals surface area (Å²) in [6.45, 7) is 0.554. The van der Waals surface area contributed by atoms with E-state index in [1.807, 2.05) is 24.3 Å². The van der Waals surface area contributed by atoms with Gasteiger partial charge in [0.05, 0.1) is 12.7 Å². The highest BCUT2D eigenvalue weighted by Gasteiger charge is 2.34. The van der Waals surface area contributed by atoms with Crippen molar-refractivity contribution in [3.8, 4) is 17.1 Å². The molecule has 8 heteroatoms. The number of para-hydroxylation sites is 1. The second kappa shape index (κ2) is 7.67. The molecule has 1 saturated heterocycles. The second-order valence-corrected chi connectivity index (χ2v) is 6.45. The number of methoxy groups -OCH3 is 1. The lowest BCUT2D eigenvalue weighted by Crippen LogP contribution is -2.34. The third-order valence-corrected chi connectivity index (χ3v) is 4.66. The van der Waals surface area contributed by atoms with Crippen LogP contribution in [0.2, 0.25) is 0 Å². The normalized spacial score (nSPS) is 16.2. The Balaban J connectivity index is 1.54. The molecule has 1 aliphatic heterocycles. The van der Waals surface area contributed by atoms with Crippen LogP contribution in [0, 0.1) is 5.82 Å². The molecule has 4 rings (SSSR count). The minimum absolute atomic E-state index is 0.329. The Bertz CT molecular complexity index is 991. The van der Waals surface area contributed by atoms with Crippen molar-refractivity contribution < 1.29 is 18.4 Å². The van der Waals surface area contributed by atoms with Crippen molar-refractivity contribution in [3.05, 3.63) is 60.2 Å². The van der Waals surface area contributed by atoms with Crippen molar-refractivity contribution in [1.82, 2.24) is 15.0 Å². The summed E-state index contributed by atoms with van der Waals surface area (Å²) >= 11 is 0.